The van der Waals surface area contributed by atoms with Crippen LogP contribution < -0.4 is 5.32 Å². The third-order valence-electron chi connectivity index (χ3n) is 2.87. The van der Waals surface area contributed by atoms with Gasteiger partial charge in [-0.25, -0.2) is 0 Å². The van der Waals surface area contributed by atoms with Gasteiger partial charge in [-0.15, -0.1) is 0 Å². The Morgan fingerprint density at radius 2 is 2.00 bits per heavy atom. The van der Waals surface area contributed by atoms with E-state index in [1.54, 1.807) is 31.1 Å². The summed E-state index contributed by atoms with van der Waals surface area (Å²) in [4.78, 5) is 37.8. The second-order valence-electron chi connectivity index (χ2n) is 4.84. The smallest absolute Gasteiger partial charge is 0.306 e. The standard InChI is InChI=1S/C13H15N3O4S/c1-15(2)7-10(17)14-9-6-4-5-8-11(9)13(19)16(12(8)18)21(3)20/h4-6H,7H2,1-3H3,(H,14,17). The van der Waals surface area contributed by atoms with Crippen LogP contribution in [-0.4, -0.2) is 58.4 Å². The molecule has 0 spiro atoms. The van der Waals surface area contributed by atoms with Crippen molar-refractivity contribution >= 4 is 34.8 Å². The van der Waals surface area contributed by atoms with Gasteiger partial charge in [0, 0.05) is 0 Å². The first kappa shape index (κ1) is 15.5. The lowest BCUT2D eigenvalue weighted by atomic mass is 10.1. The van der Waals surface area contributed by atoms with Crippen LogP contribution in [0.15, 0.2) is 18.2 Å². The van der Waals surface area contributed by atoms with Crippen LogP contribution >= 0.6 is 0 Å². The minimum Gasteiger partial charge on any atom is -0.593 e. The third-order valence-corrected chi connectivity index (χ3v) is 3.71. The number of imide groups is 1. The van der Waals surface area contributed by atoms with Crippen LogP contribution in [0.2, 0.25) is 0 Å². The lowest BCUT2D eigenvalue weighted by Crippen LogP contribution is -2.35. The van der Waals surface area contributed by atoms with Gasteiger partial charge in [-0.2, -0.15) is 0 Å². The number of hydrogen-bond donors (Lipinski definition) is 1. The number of anilines is 1. The van der Waals surface area contributed by atoms with Crippen molar-refractivity contribution in [2.45, 2.75) is 0 Å². The first-order valence-corrected chi connectivity index (χ1v) is 7.64. The van der Waals surface area contributed by atoms with Gasteiger partial charge in [0.2, 0.25) is 5.91 Å². The zero-order valence-corrected chi connectivity index (χ0v) is 12.7. The van der Waals surface area contributed by atoms with Gasteiger partial charge < -0.3 is 14.8 Å². The molecule has 1 aliphatic heterocycles. The fourth-order valence-electron chi connectivity index (χ4n) is 2.08. The van der Waals surface area contributed by atoms with E-state index in [1.165, 1.54) is 12.3 Å². The summed E-state index contributed by atoms with van der Waals surface area (Å²) in [5.74, 6) is -1.57. The summed E-state index contributed by atoms with van der Waals surface area (Å²) in [5.41, 5.74) is 0.494. The zero-order valence-electron chi connectivity index (χ0n) is 11.9. The quantitative estimate of drug-likeness (QED) is 0.628. The van der Waals surface area contributed by atoms with E-state index in [4.69, 9.17) is 0 Å². The number of carbonyl (C=O) groups is 3. The molecule has 3 amide bonds. The highest BCUT2D eigenvalue weighted by atomic mass is 32.2. The van der Waals surface area contributed by atoms with E-state index in [0.717, 1.165) is 0 Å². The van der Waals surface area contributed by atoms with Crippen LogP contribution in [0.25, 0.3) is 0 Å². The highest BCUT2D eigenvalue weighted by molar-refractivity contribution is 7.89. The summed E-state index contributed by atoms with van der Waals surface area (Å²) < 4.78 is 12.2. The van der Waals surface area contributed by atoms with Crippen LogP contribution in [-0.2, 0) is 16.2 Å². The van der Waals surface area contributed by atoms with E-state index in [0.29, 0.717) is 4.31 Å². The van der Waals surface area contributed by atoms with Gasteiger partial charge in [-0.3, -0.25) is 14.4 Å². The molecule has 0 saturated heterocycles. The van der Waals surface area contributed by atoms with E-state index in [9.17, 15) is 18.9 Å². The number of benzene rings is 1. The summed E-state index contributed by atoms with van der Waals surface area (Å²) in [6.45, 7) is 0.148. The molecule has 0 aliphatic carbocycles. The van der Waals surface area contributed by atoms with Crippen LogP contribution in [0.1, 0.15) is 20.7 Å². The van der Waals surface area contributed by atoms with Gasteiger partial charge in [0.25, 0.3) is 0 Å². The van der Waals surface area contributed by atoms with Crippen LogP contribution in [0.3, 0.4) is 0 Å². The molecule has 1 unspecified atom stereocenters. The van der Waals surface area contributed by atoms with Crippen molar-refractivity contribution in [2.24, 2.45) is 0 Å². The van der Waals surface area contributed by atoms with Crippen molar-refractivity contribution < 1.29 is 18.9 Å². The van der Waals surface area contributed by atoms with Crippen molar-refractivity contribution in [3.8, 4) is 0 Å². The number of likely N-dealkylation sites (N-methyl/N-ethyl adjacent to an activating group) is 1. The van der Waals surface area contributed by atoms with Crippen LogP contribution in [0.5, 0.6) is 0 Å². The number of fused-ring (bicyclic) bond motifs is 1. The summed E-state index contributed by atoms with van der Waals surface area (Å²) in [6.07, 6.45) is 1.26. The lowest BCUT2D eigenvalue weighted by Gasteiger charge is -2.13. The largest absolute Gasteiger partial charge is 0.593 e. The molecule has 0 aromatic heterocycles. The number of rotatable bonds is 4. The molecular weight excluding hydrogens is 294 g/mol. The van der Waals surface area contributed by atoms with E-state index in [-0.39, 0.29) is 29.3 Å². The fourth-order valence-corrected chi connectivity index (χ4v) is 2.74. The lowest BCUT2D eigenvalue weighted by molar-refractivity contribution is -0.116. The van der Waals surface area contributed by atoms with Crippen LogP contribution in [0.4, 0.5) is 5.69 Å². The number of amides is 3. The molecule has 2 rings (SSSR count). The van der Waals surface area contributed by atoms with Gasteiger partial charge in [-0.1, -0.05) is 10.4 Å². The van der Waals surface area contributed by atoms with E-state index >= 15 is 0 Å². The molecule has 1 aromatic rings. The maximum Gasteiger partial charge on any atom is 0.306 e. The Balaban J connectivity index is 2.35. The van der Waals surface area contributed by atoms with Crippen molar-refractivity contribution in [1.82, 2.24) is 9.21 Å². The molecule has 1 aliphatic rings. The van der Waals surface area contributed by atoms with Gasteiger partial charge >= 0.3 is 11.8 Å². The molecule has 0 bridgehead atoms. The van der Waals surface area contributed by atoms with Gasteiger partial charge in [0.15, 0.2) is 0 Å². The molecule has 1 N–H and O–H groups in total. The zero-order chi connectivity index (χ0) is 15.7. The molecule has 21 heavy (non-hydrogen) atoms. The van der Waals surface area contributed by atoms with Crippen molar-refractivity contribution in [2.75, 3.05) is 32.2 Å². The summed E-state index contributed by atoms with van der Waals surface area (Å²) in [6, 6.07) is 4.58. The van der Waals surface area contributed by atoms with Crippen molar-refractivity contribution in [3.63, 3.8) is 0 Å². The topological polar surface area (TPSA) is 92.8 Å². The van der Waals surface area contributed by atoms with Crippen molar-refractivity contribution in [3.05, 3.63) is 29.3 Å². The molecule has 8 heteroatoms. The highest BCUT2D eigenvalue weighted by Gasteiger charge is 2.43. The Bertz CT molecular complexity index is 615. The molecule has 112 valence electrons. The molecule has 0 saturated carbocycles. The fraction of sp³-hybridized carbons (Fsp3) is 0.308. The van der Waals surface area contributed by atoms with Gasteiger partial charge in [0.05, 0.1) is 34.7 Å². The molecule has 7 nitrogen and oxygen atoms in total. The van der Waals surface area contributed by atoms with Crippen LogP contribution in [0, 0.1) is 0 Å². The monoisotopic (exact) mass is 309 g/mol. The SMILES string of the molecule is CN(C)CC(=O)Nc1cccc2c1C(=O)N([S+](C)[O-])C2=O. The van der Waals surface area contributed by atoms with E-state index in [1.807, 2.05) is 0 Å². The Morgan fingerprint density at radius 3 is 2.57 bits per heavy atom. The molecule has 0 fully saturated rings. The highest BCUT2D eigenvalue weighted by Crippen LogP contribution is 2.30. The predicted octanol–water partition coefficient (Wildman–Crippen LogP) is 0.0762. The second-order valence-corrected chi connectivity index (χ2v) is 6.06. The Labute approximate surface area is 125 Å². The Hall–Kier alpha value is -1.90. The number of hydrogen-bond acceptors (Lipinski definition) is 5. The third kappa shape index (κ3) is 2.92. The minimum atomic E-state index is -1.74. The first-order chi connectivity index (χ1) is 9.82. The summed E-state index contributed by atoms with van der Waals surface area (Å²) in [7, 11) is 3.48. The Morgan fingerprint density at radius 1 is 1.33 bits per heavy atom. The number of nitrogens with one attached hydrogen (secondary N) is 1. The van der Waals surface area contributed by atoms with E-state index in [2.05, 4.69) is 5.32 Å². The minimum absolute atomic E-state index is 0.0878. The number of nitrogens with zero attached hydrogens (tertiary/aromatic N) is 2. The summed E-state index contributed by atoms with van der Waals surface area (Å²) in [5, 5.41) is 2.60. The normalized spacial score (nSPS) is 15.4. The molecular formula is C13H15N3O4S. The second kappa shape index (κ2) is 5.84. The number of carbonyl (C=O) groups excluding carboxylic acids is 3. The molecule has 1 aromatic carbocycles. The predicted molar refractivity (Wildman–Crippen MR) is 78.2 cm³/mol. The average molecular weight is 309 g/mol. The maximum atomic E-state index is 12.2. The van der Waals surface area contributed by atoms with E-state index < -0.39 is 23.2 Å². The Kier molecular flexibility index (Phi) is 4.31. The average Bonchev–Trinajstić information content (AvgIpc) is 2.61. The maximum absolute atomic E-state index is 12.2. The van der Waals surface area contributed by atoms with Gasteiger partial charge in [0.1, 0.15) is 6.26 Å². The molecule has 0 radical (unpaired) electrons. The van der Waals surface area contributed by atoms with Gasteiger partial charge in [-0.05, 0) is 26.2 Å². The summed E-state index contributed by atoms with van der Waals surface area (Å²) >= 11 is -1.74. The molecule has 1 atom stereocenters. The van der Waals surface area contributed by atoms with Crippen molar-refractivity contribution in [1.29, 1.82) is 0 Å². The molecule has 1 heterocycles. The first-order valence-electron chi connectivity index (χ1n) is 6.13.